The largest absolute Gasteiger partial charge is 0.493 e. The second-order valence-electron chi connectivity index (χ2n) is 12.6. The van der Waals surface area contributed by atoms with Crippen molar-refractivity contribution >= 4 is 17.7 Å². The topological polar surface area (TPSA) is 119 Å². The van der Waals surface area contributed by atoms with Crippen molar-refractivity contribution in [3.63, 3.8) is 0 Å². The molecule has 2 aromatic rings. The number of rotatable bonds is 8. The molecule has 0 aromatic heterocycles. The molecule has 0 bridgehead atoms. The van der Waals surface area contributed by atoms with Crippen LogP contribution in [-0.2, 0) is 20.9 Å². The molecule has 0 radical (unpaired) electrons. The minimum Gasteiger partial charge on any atom is -0.493 e. The van der Waals surface area contributed by atoms with Crippen molar-refractivity contribution in [3.05, 3.63) is 53.6 Å². The normalized spacial score (nSPS) is 19.7. The van der Waals surface area contributed by atoms with Gasteiger partial charge in [-0.05, 0) is 42.7 Å². The van der Waals surface area contributed by atoms with Gasteiger partial charge in [0, 0.05) is 39.8 Å². The van der Waals surface area contributed by atoms with Crippen LogP contribution >= 0.6 is 0 Å². The molecule has 0 saturated carbocycles. The highest BCUT2D eigenvalue weighted by atomic mass is 16.5. The van der Waals surface area contributed by atoms with Gasteiger partial charge < -0.3 is 34.5 Å². The van der Waals surface area contributed by atoms with E-state index in [0.717, 1.165) is 70.5 Å². The highest BCUT2D eigenvalue weighted by molar-refractivity contribution is 6.00. The maximum Gasteiger partial charge on any atom is 0.255 e. The van der Waals surface area contributed by atoms with Crippen LogP contribution in [0.1, 0.15) is 80.1 Å². The predicted molar refractivity (Wildman–Crippen MR) is 185 cm³/mol. The van der Waals surface area contributed by atoms with E-state index in [1.165, 1.54) is 25.7 Å². The molecule has 1 saturated heterocycles. The first-order valence-corrected chi connectivity index (χ1v) is 17.6. The van der Waals surface area contributed by atoms with E-state index in [9.17, 15) is 14.4 Å². The zero-order valence-electron chi connectivity index (χ0n) is 28.8. The molecule has 0 unspecified atom stereocenters. The van der Waals surface area contributed by atoms with Gasteiger partial charge in [0.05, 0.1) is 38.9 Å². The molecular weight excluding hydrogens is 612 g/mol. The molecule has 2 N–H and O–H groups in total. The molecule has 2 heterocycles. The SMILES string of the molecule is COc1cc(CNC(=O)[C@@H]2CC(=O)N(C)CCCCCCCCCCCOc3ccccc3C(=O)N2)ccc1OCCN1CCOCC1. The van der Waals surface area contributed by atoms with E-state index >= 15 is 0 Å². The first-order valence-electron chi connectivity index (χ1n) is 17.6. The van der Waals surface area contributed by atoms with Crippen molar-refractivity contribution in [2.45, 2.75) is 76.8 Å². The number of morpholine rings is 1. The van der Waals surface area contributed by atoms with Gasteiger partial charge in [-0.3, -0.25) is 19.3 Å². The van der Waals surface area contributed by atoms with E-state index in [1.807, 2.05) is 24.3 Å². The van der Waals surface area contributed by atoms with Gasteiger partial charge in [0.1, 0.15) is 18.4 Å². The third-order valence-electron chi connectivity index (χ3n) is 8.92. The van der Waals surface area contributed by atoms with Crippen LogP contribution in [0.4, 0.5) is 0 Å². The monoisotopic (exact) mass is 666 g/mol. The number of ether oxygens (including phenoxy) is 4. The third-order valence-corrected chi connectivity index (χ3v) is 8.92. The van der Waals surface area contributed by atoms with Crippen LogP contribution in [0, 0.1) is 0 Å². The number of hydrogen-bond donors (Lipinski definition) is 2. The van der Waals surface area contributed by atoms with E-state index in [-0.39, 0.29) is 18.9 Å². The van der Waals surface area contributed by atoms with E-state index in [1.54, 1.807) is 37.3 Å². The smallest absolute Gasteiger partial charge is 0.255 e. The van der Waals surface area contributed by atoms with Gasteiger partial charge in [0.15, 0.2) is 11.5 Å². The Balaban J connectivity index is 1.41. The molecule has 2 aliphatic heterocycles. The Bertz CT molecular complexity index is 1300. The zero-order valence-corrected chi connectivity index (χ0v) is 28.8. The molecule has 4 rings (SSSR count). The van der Waals surface area contributed by atoms with E-state index < -0.39 is 17.9 Å². The van der Waals surface area contributed by atoms with Crippen molar-refractivity contribution in [1.82, 2.24) is 20.4 Å². The lowest BCUT2D eigenvalue weighted by Crippen LogP contribution is -2.49. The summed E-state index contributed by atoms with van der Waals surface area (Å²) in [5.41, 5.74) is 1.13. The lowest BCUT2D eigenvalue weighted by atomic mass is 10.1. The summed E-state index contributed by atoms with van der Waals surface area (Å²) < 4.78 is 23.0. The minimum atomic E-state index is -1.07. The summed E-state index contributed by atoms with van der Waals surface area (Å²) in [4.78, 5) is 44.3. The molecule has 3 amide bonds. The van der Waals surface area contributed by atoms with Gasteiger partial charge in [-0.1, -0.05) is 63.1 Å². The Hall–Kier alpha value is -3.83. The first-order chi connectivity index (χ1) is 23.4. The van der Waals surface area contributed by atoms with Gasteiger partial charge in [0.25, 0.3) is 5.91 Å². The molecule has 2 aliphatic rings. The molecule has 264 valence electrons. The average Bonchev–Trinajstić information content (AvgIpc) is 3.11. The van der Waals surface area contributed by atoms with E-state index in [2.05, 4.69) is 15.5 Å². The molecule has 11 heteroatoms. The zero-order chi connectivity index (χ0) is 34.0. The van der Waals surface area contributed by atoms with Crippen LogP contribution in [0.15, 0.2) is 42.5 Å². The molecule has 48 heavy (non-hydrogen) atoms. The van der Waals surface area contributed by atoms with Crippen LogP contribution in [0.25, 0.3) is 0 Å². The quantitative estimate of drug-likeness (QED) is 0.421. The van der Waals surface area contributed by atoms with E-state index in [4.69, 9.17) is 18.9 Å². The Kier molecular flexibility index (Phi) is 15.8. The fourth-order valence-corrected chi connectivity index (χ4v) is 5.91. The van der Waals surface area contributed by atoms with Crippen LogP contribution in [0.3, 0.4) is 0 Å². The van der Waals surface area contributed by atoms with Crippen LogP contribution in [-0.4, -0.2) is 100 Å². The number of benzene rings is 2. The van der Waals surface area contributed by atoms with Crippen LogP contribution in [0.2, 0.25) is 0 Å². The Labute approximate surface area is 285 Å². The molecule has 0 aliphatic carbocycles. The second-order valence-corrected chi connectivity index (χ2v) is 12.6. The van der Waals surface area contributed by atoms with Crippen molar-refractivity contribution in [2.24, 2.45) is 0 Å². The predicted octanol–water partition coefficient (Wildman–Crippen LogP) is 4.57. The lowest BCUT2D eigenvalue weighted by molar-refractivity contribution is -0.133. The molecule has 1 fully saturated rings. The van der Waals surface area contributed by atoms with Gasteiger partial charge in [0.2, 0.25) is 11.8 Å². The number of fused-ring (bicyclic) bond motifs is 1. The van der Waals surface area contributed by atoms with Gasteiger partial charge in [-0.15, -0.1) is 0 Å². The number of carbonyl (C=O) groups excluding carboxylic acids is 3. The summed E-state index contributed by atoms with van der Waals surface area (Å²) in [7, 11) is 3.34. The number of amides is 3. The number of para-hydroxylation sites is 1. The van der Waals surface area contributed by atoms with Gasteiger partial charge in [-0.25, -0.2) is 0 Å². The highest BCUT2D eigenvalue weighted by Gasteiger charge is 2.27. The summed E-state index contributed by atoms with van der Waals surface area (Å²) in [5, 5.41) is 5.75. The number of nitrogens with zero attached hydrogens (tertiary/aromatic N) is 2. The van der Waals surface area contributed by atoms with Crippen molar-refractivity contribution < 1.29 is 33.3 Å². The van der Waals surface area contributed by atoms with E-state index in [0.29, 0.717) is 42.6 Å². The second kappa shape index (κ2) is 20.5. The minimum absolute atomic E-state index is 0.156. The maximum atomic E-state index is 13.6. The Morgan fingerprint density at radius 2 is 1.60 bits per heavy atom. The van der Waals surface area contributed by atoms with Gasteiger partial charge in [-0.2, -0.15) is 0 Å². The standard InChI is InChI=1S/C37H54N4O7/c1-40-18-12-8-6-4-3-5-7-9-13-22-47-32-15-11-10-14-30(32)36(43)39-31(27-35(40)42)37(44)38-28-29-16-17-33(34(26-29)45-2)48-25-21-41-19-23-46-24-20-41/h10-11,14-17,26,31H,3-9,12-13,18-25,27-28H2,1-2H3,(H,38,44)(H,39,43)/t31-/m0/s1. The highest BCUT2D eigenvalue weighted by Crippen LogP contribution is 2.28. The van der Waals surface area contributed by atoms with Gasteiger partial charge >= 0.3 is 0 Å². The Morgan fingerprint density at radius 1 is 0.896 bits per heavy atom. The molecule has 1 atom stereocenters. The fourth-order valence-electron chi connectivity index (χ4n) is 5.91. The summed E-state index contributed by atoms with van der Waals surface area (Å²) in [5.74, 6) is 0.540. The van der Waals surface area contributed by atoms with Crippen molar-refractivity contribution in [3.8, 4) is 17.2 Å². The number of nitrogens with one attached hydrogen (secondary N) is 2. The number of carbonyl (C=O) groups is 3. The maximum absolute atomic E-state index is 13.6. The summed E-state index contributed by atoms with van der Waals surface area (Å²) in [6, 6.07) is 11.5. The van der Waals surface area contributed by atoms with Crippen molar-refractivity contribution in [1.29, 1.82) is 0 Å². The molecule has 11 nitrogen and oxygen atoms in total. The first kappa shape index (κ1) is 37.0. The van der Waals surface area contributed by atoms with Crippen LogP contribution < -0.4 is 24.8 Å². The summed E-state index contributed by atoms with van der Waals surface area (Å²) >= 11 is 0. The summed E-state index contributed by atoms with van der Waals surface area (Å²) in [6.07, 6.45) is 9.75. The molecular formula is C37H54N4O7. The number of hydrogen-bond acceptors (Lipinski definition) is 8. The average molecular weight is 667 g/mol. The third kappa shape index (κ3) is 12.3. The lowest BCUT2D eigenvalue weighted by Gasteiger charge is -2.26. The Morgan fingerprint density at radius 3 is 2.35 bits per heavy atom. The van der Waals surface area contributed by atoms with Crippen molar-refractivity contribution in [2.75, 3.05) is 66.8 Å². The summed E-state index contributed by atoms with van der Waals surface area (Å²) in [6.45, 7) is 5.87. The molecule has 2 aromatic carbocycles. The molecule has 0 spiro atoms. The number of methoxy groups -OCH3 is 1. The fraction of sp³-hybridized carbons (Fsp3) is 0.595. The van der Waals surface area contributed by atoms with Crippen LogP contribution in [0.5, 0.6) is 17.2 Å².